The second kappa shape index (κ2) is 10.7. The van der Waals surface area contributed by atoms with E-state index in [9.17, 15) is 13.2 Å². The molecule has 4 rings (SSSR count). The maximum Gasteiger partial charge on any atom is 0.339 e. The molecule has 9 heteroatoms. The van der Waals surface area contributed by atoms with Crippen molar-refractivity contribution in [3.8, 4) is 17.2 Å². The van der Waals surface area contributed by atoms with Crippen LogP contribution < -0.4 is 13.7 Å². The molecule has 0 aliphatic carbocycles. The SMILES string of the molecule is CCCCN1CCCN(C(=O)c2ccc(C)c(OS(=O)(=O)c3ccc4c(c3)OCCO4)c2)CC1. The van der Waals surface area contributed by atoms with Gasteiger partial charge in [-0.15, -0.1) is 0 Å². The van der Waals surface area contributed by atoms with Crippen molar-refractivity contribution in [2.45, 2.75) is 38.0 Å². The highest BCUT2D eigenvalue weighted by Gasteiger charge is 2.24. The number of aryl methyl sites for hydroxylation is 1. The van der Waals surface area contributed by atoms with Gasteiger partial charge in [-0.1, -0.05) is 19.4 Å². The fourth-order valence-corrected chi connectivity index (χ4v) is 5.13. The van der Waals surface area contributed by atoms with E-state index in [1.54, 1.807) is 25.1 Å². The van der Waals surface area contributed by atoms with Crippen molar-refractivity contribution < 1.29 is 26.9 Å². The highest BCUT2D eigenvalue weighted by atomic mass is 32.2. The Labute approximate surface area is 201 Å². The van der Waals surface area contributed by atoms with Crippen molar-refractivity contribution in [2.24, 2.45) is 0 Å². The molecule has 1 amide bonds. The van der Waals surface area contributed by atoms with Gasteiger partial charge in [0.05, 0.1) is 0 Å². The Hall–Kier alpha value is -2.78. The first-order valence-electron chi connectivity index (χ1n) is 11.8. The molecule has 1 fully saturated rings. The molecule has 34 heavy (non-hydrogen) atoms. The third-order valence-corrected chi connectivity index (χ3v) is 7.37. The summed E-state index contributed by atoms with van der Waals surface area (Å²) in [6.07, 6.45) is 3.23. The Morgan fingerprint density at radius 3 is 2.59 bits per heavy atom. The van der Waals surface area contributed by atoms with E-state index in [0.29, 0.717) is 48.9 Å². The van der Waals surface area contributed by atoms with Crippen LogP contribution >= 0.6 is 0 Å². The number of ether oxygens (including phenoxy) is 2. The molecule has 2 aliphatic rings. The molecule has 0 atom stereocenters. The molecular weight excluding hydrogens is 456 g/mol. The van der Waals surface area contributed by atoms with Crippen LogP contribution in [0.15, 0.2) is 41.3 Å². The summed E-state index contributed by atoms with van der Waals surface area (Å²) in [6.45, 7) is 8.93. The summed E-state index contributed by atoms with van der Waals surface area (Å²) in [5.41, 5.74) is 1.04. The smallest absolute Gasteiger partial charge is 0.339 e. The van der Waals surface area contributed by atoms with Gasteiger partial charge in [-0.3, -0.25) is 4.79 Å². The van der Waals surface area contributed by atoms with Crippen LogP contribution in [0.1, 0.15) is 42.1 Å². The van der Waals surface area contributed by atoms with Crippen LogP contribution in [-0.2, 0) is 10.1 Å². The minimum Gasteiger partial charge on any atom is -0.486 e. The second-order valence-corrected chi connectivity index (χ2v) is 10.2. The third-order valence-electron chi connectivity index (χ3n) is 6.14. The van der Waals surface area contributed by atoms with E-state index in [2.05, 4.69) is 11.8 Å². The molecular formula is C25H32N2O6S. The number of rotatable bonds is 7. The minimum atomic E-state index is -4.13. The molecule has 0 aromatic heterocycles. The summed E-state index contributed by atoms with van der Waals surface area (Å²) in [5, 5.41) is 0. The van der Waals surface area contributed by atoms with Gasteiger partial charge in [-0.2, -0.15) is 8.42 Å². The van der Waals surface area contributed by atoms with E-state index in [0.717, 1.165) is 38.9 Å². The average molecular weight is 489 g/mol. The summed E-state index contributed by atoms with van der Waals surface area (Å²) in [4.78, 5) is 17.4. The number of benzene rings is 2. The van der Waals surface area contributed by atoms with Crippen molar-refractivity contribution in [3.63, 3.8) is 0 Å². The van der Waals surface area contributed by atoms with Gasteiger partial charge in [0.25, 0.3) is 5.91 Å². The van der Waals surface area contributed by atoms with Gasteiger partial charge in [0.2, 0.25) is 0 Å². The highest BCUT2D eigenvalue weighted by Crippen LogP contribution is 2.33. The van der Waals surface area contributed by atoms with Gasteiger partial charge in [0.15, 0.2) is 11.5 Å². The van der Waals surface area contributed by atoms with Crippen molar-refractivity contribution >= 4 is 16.0 Å². The summed E-state index contributed by atoms with van der Waals surface area (Å²) >= 11 is 0. The number of carbonyl (C=O) groups excluding carboxylic acids is 1. The Morgan fingerprint density at radius 2 is 1.79 bits per heavy atom. The lowest BCUT2D eigenvalue weighted by atomic mass is 10.1. The molecule has 2 aromatic rings. The number of unbranched alkanes of at least 4 members (excludes halogenated alkanes) is 1. The van der Waals surface area contributed by atoms with Gasteiger partial charge in [0.1, 0.15) is 23.9 Å². The van der Waals surface area contributed by atoms with Crippen LogP contribution in [0.25, 0.3) is 0 Å². The Morgan fingerprint density at radius 1 is 1.00 bits per heavy atom. The minimum absolute atomic E-state index is 0.0347. The fourth-order valence-electron chi connectivity index (χ4n) is 4.13. The van der Waals surface area contributed by atoms with Crippen LogP contribution in [0.3, 0.4) is 0 Å². The molecule has 0 spiro atoms. The summed E-state index contributed by atoms with van der Waals surface area (Å²) in [6, 6.07) is 9.34. The van der Waals surface area contributed by atoms with Crippen LogP contribution in [0.4, 0.5) is 0 Å². The molecule has 8 nitrogen and oxygen atoms in total. The quantitative estimate of drug-likeness (QED) is 0.552. The zero-order chi connectivity index (χ0) is 24.1. The molecule has 0 unspecified atom stereocenters. The number of nitrogens with zero attached hydrogens (tertiary/aromatic N) is 2. The lowest BCUT2D eigenvalue weighted by Crippen LogP contribution is -2.35. The number of hydrogen-bond acceptors (Lipinski definition) is 7. The van der Waals surface area contributed by atoms with Gasteiger partial charge < -0.3 is 23.5 Å². The average Bonchev–Trinajstić information content (AvgIpc) is 3.09. The lowest BCUT2D eigenvalue weighted by Gasteiger charge is -2.22. The number of hydrogen-bond donors (Lipinski definition) is 0. The standard InChI is InChI=1S/C25H32N2O6S/c1-3-4-10-26-11-5-12-27(14-13-26)25(28)20-7-6-19(2)23(17-20)33-34(29,30)21-8-9-22-24(18-21)32-16-15-31-22/h6-9,17-18H,3-5,10-16H2,1-2H3. The topological polar surface area (TPSA) is 85.4 Å². The number of amides is 1. The maximum absolute atomic E-state index is 13.2. The maximum atomic E-state index is 13.2. The zero-order valence-electron chi connectivity index (χ0n) is 19.8. The molecule has 2 aromatic carbocycles. The molecule has 0 radical (unpaired) electrons. The Bertz CT molecular complexity index is 1130. The first-order valence-corrected chi connectivity index (χ1v) is 13.2. The van der Waals surface area contributed by atoms with Crippen molar-refractivity contribution in [1.29, 1.82) is 0 Å². The van der Waals surface area contributed by atoms with E-state index < -0.39 is 10.1 Å². The van der Waals surface area contributed by atoms with Crippen LogP contribution in [-0.4, -0.2) is 70.1 Å². The van der Waals surface area contributed by atoms with Gasteiger partial charge >= 0.3 is 10.1 Å². The lowest BCUT2D eigenvalue weighted by molar-refractivity contribution is 0.0761. The molecule has 2 heterocycles. The van der Waals surface area contributed by atoms with E-state index in [1.165, 1.54) is 18.2 Å². The summed E-state index contributed by atoms with van der Waals surface area (Å²) in [7, 11) is -4.13. The molecule has 0 saturated carbocycles. The Kier molecular flexibility index (Phi) is 7.63. The van der Waals surface area contributed by atoms with E-state index in [1.807, 2.05) is 4.90 Å². The van der Waals surface area contributed by atoms with Crippen molar-refractivity contribution in [3.05, 3.63) is 47.5 Å². The molecule has 0 bridgehead atoms. The van der Waals surface area contributed by atoms with E-state index in [4.69, 9.17) is 13.7 Å². The summed E-state index contributed by atoms with van der Waals surface area (Å²) in [5.74, 6) is 0.893. The second-order valence-electron chi connectivity index (χ2n) is 8.66. The predicted molar refractivity (Wildman–Crippen MR) is 128 cm³/mol. The van der Waals surface area contributed by atoms with Gasteiger partial charge in [0, 0.05) is 31.3 Å². The van der Waals surface area contributed by atoms with Crippen LogP contribution in [0.2, 0.25) is 0 Å². The van der Waals surface area contributed by atoms with Crippen molar-refractivity contribution in [1.82, 2.24) is 9.80 Å². The molecule has 184 valence electrons. The largest absolute Gasteiger partial charge is 0.486 e. The van der Waals surface area contributed by atoms with E-state index >= 15 is 0 Å². The monoisotopic (exact) mass is 488 g/mol. The third kappa shape index (κ3) is 5.64. The molecule has 0 N–H and O–H groups in total. The molecule has 2 aliphatic heterocycles. The van der Waals surface area contributed by atoms with Crippen molar-refractivity contribution in [2.75, 3.05) is 45.9 Å². The number of carbonyl (C=O) groups is 1. The first-order chi connectivity index (χ1) is 16.4. The van der Waals surface area contributed by atoms with Crippen LogP contribution in [0, 0.1) is 6.92 Å². The summed E-state index contributed by atoms with van der Waals surface area (Å²) < 4.78 is 42.4. The van der Waals surface area contributed by atoms with Gasteiger partial charge in [-0.05, 0) is 62.7 Å². The predicted octanol–water partition coefficient (Wildman–Crippen LogP) is 3.48. The van der Waals surface area contributed by atoms with Gasteiger partial charge in [-0.25, -0.2) is 0 Å². The first kappa shape index (κ1) is 24.3. The Balaban J connectivity index is 1.49. The fraction of sp³-hybridized carbons (Fsp3) is 0.480. The highest BCUT2D eigenvalue weighted by molar-refractivity contribution is 7.87. The van der Waals surface area contributed by atoms with Crippen LogP contribution in [0.5, 0.6) is 17.2 Å². The van der Waals surface area contributed by atoms with E-state index in [-0.39, 0.29) is 16.6 Å². The normalized spacial score (nSPS) is 16.7. The number of fused-ring (bicyclic) bond motifs is 1. The zero-order valence-corrected chi connectivity index (χ0v) is 20.6. The molecule has 1 saturated heterocycles.